The molecule has 6 unspecified atom stereocenters. The smallest absolute Gasteiger partial charge is 0.0317 e. The van der Waals surface area contributed by atoms with Crippen LogP contribution in [0, 0.1) is 17.8 Å². The Kier molecular flexibility index (Phi) is 5.08. The molecule has 6 atom stereocenters. The van der Waals surface area contributed by atoms with Gasteiger partial charge in [0.2, 0.25) is 0 Å². The minimum absolute atomic E-state index is 0.766. The maximum atomic E-state index is 3.83. The molecule has 0 amide bonds. The van der Waals surface area contributed by atoms with Gasteiger partial charge in [0.1, 0.15) is 0 Å². The lowest BCUT2D eigenvalue weighted by atomic mass is 9.83. The fourth-order valence-electron chi connectivity index (χ4n) is 4.68. The van der Waals surface area contributed by atoms with Crippen LogP contribution in [0.1, 0.15) is 46.0 Å². The van der Waals surface area contributed by atoms with Crippen molar-refractivity contribution < 1.29 is 0 Å². The van der Waals surface area contributed by atoms with Gasteiger partial charge >= 0.3 is 0 Å². The Morgan fingerprint density at radius 3 is 2.63 bits per heavy atom. The van der Waals surface area contributed by atoms with Gasteiger partial charge in [-0.15, -0.1) is 0 Å². The van der Waals surface area contributed by atoms with E-state index in [1.165, 1.54) is 30.8 Å². The summed E-state index contributed by atoms with van der Waals surface area (Å²) in [5.74, 6) is 5.95. The Bertz CT molecular complexity index is 296. The van der Waals surface area contributed by atoms with Crippen LogP contribution in [0.5, 0.6) is 0 Å². The molecule has 2 bridgehead atoms. The third-order valence-corrected chi connectivity index (χ3v) is 8.79. The van der Waals surface area contributed by atoms with E-state index in [4.69, 9.17) is 0 Å². The molecule has 0 radical (unpaired) electrons. The highest BCUT2D eigenvalue weighted by molar-refractivity contribution is 8.07. The van der Waals surface area contributed by atoms with Crippen LogP contribution in [0.2, 0.25) is 0 Å². The van der Waals surface area contributed by atoms with Crippen molar-refractivity contribution in [2.45, 2.75) is 62.5 Å². The molecule has 1 aliphatic heterocycles. The lowest BCUT2D eigenvalue weighted by Crippen LogP contribution is -2.45. The monoisotopic (exact) mass is 299 g/mol. The van der Waals surface area contributed by atoms with Crippen LogP contribution >= 0.6 is 23.5 Å². The van der Waals surface area contributed by atoms with Crippen molar-refractivity contribution in [1.29, 1.82) is 0 Å². The minimum atomic E-state index is 0.766. The van der Waals surface area contributed by atoms with E-state index in [-0.39, 0.29) is 0 Å². The number of hydrogen-bond donors (Lipinski definition) is 1. The largest absolute Gasteiger partial charge is 0.313 e. The van der Waals surface area contributed by atoms with Gasteiger partial charge in [0, 0.05) is 28.0 Å². The molecular weight excluding hydrogens is 270 g/mol. The van der Waals surface area contributed by atoms with E-state index < -0.39 is 0 Å². The molecular formula is C16H29NS2. The van der Waals surface area contributed by atoms with E-state index >= 15 is 0 Å². The summed E-state index contributed by atoms with van der Waals surface area (Å²) < 4.78 is 0. The molecule has 110 valence electrons. The summed E-state index contributed by atoms with van der Waals surface area (Å²) in [5.41, 5.74) is 0. The van der Waals surface area contributed by atoms with Crippen molar-refractivity contribution in [2.24, 2.45) is 17.8 Å². The van der Waals surface area contributed by atoms with Crippen LogP contribution < -0.4 is 5.32 Å². The summed E-state index contributed by atoms with van der Waals surface area (Å²) in [5, 5.41) is 5.51. The average molecular weight is 300 g/mol. The molecule has 19 heavy (non-hydrogen) atoms. The molecule has 0 aromatic carbocycles. The van der Waals surface area contributed by atoms with Crippen molar-refractivity contribution in [3.8, 4) is 0 Å². The third-order valence-electron chi connectivity index (χ3n) is 5.54. The fraction of sp³-hybridized carbons (Fsp3) is 1.00. The lowest BCUT2D eigenvalue weighted by Gasteiger charge is -2.37. The molecule has 1 heterocycles. The fourth-order valence-corrected chi connectivity index (χ4v) is 7.65. The summed E-state index contributed by atoms with van der Waals surface area (Å²) in [4.78, 5) is 0. The van der Waals surface area contributed by atoms with E-state index in [0.29, 0.717) is 0 Å². The molecule has 3 aliphatic rings. The highest BCUT2D eigenvalue weighted by atomic mass is 32.2. The quantitative estimate of drug-likeness (QED) is 0.823. The third kappa shape index (κ3) is 3.29. The zero-order chi connectivity index (χ0) is 13.2. The van der Waals surface area contributed by atoms with Gasteiger partial charge in [-0.3, -0.25) is 0 Å². The van der Waals surface area contributed by atoms with Gasteiger partial charge in [-0.2, -0.15) is 23.5 Å². The first-order valence-corrected chi connectivity index (χ1v) is 10.3. The maximum absolute atomic E-state index is 3.83. The molecule has 0 spiro atoms. The van der Waals surface area contributed by atoms with E-state index in [1.807, 2.05) is 0 Å². The van der Waals surface area contributed by atoms with Crippen molar-refractivity contribution in [1.82, 2.24) is 5.32 Å². The second-order valence-corrected chi connectivity index (χ2v) is 9.52. The van der Waals surface area contributed by atoms with Gasteiger partial charge in [-0.05, 0) is 50.0 Å². The van der Waals surface area contributed by atoms with Gasteiger partial charge in [-0.25, -0.2) is 0 Å². The summed E-state index contributed by atoms with van der Waals surface area (Å²) in [7, 11) is 0. The molecule has 3 heteroatoms. The Morgan fingerprint density at radius 1 is 1.16 bits per heavy atom. The SMILES string of the molecule is CCNC(CC1CC2CCC1C2)C1SCCSC1C. The van der Waals surface area contributed by atoms with Crippen molar-refractivity contribution >= 4 is 23.5 Å². The first kappa shape index (κ1) is 14.6. The normalized spacial score (nSPS) is 43.6. The van der Waals surface area contributed by atoms with E-state index in [9.17, 15) is 0 Å². The first-order chi connectivity index (χ1) is 9.28. The van der Waals surface area contributed by atoms with Gasteiger partial charge in [0.15, 0.2) is 0 Å². The molecule has 1 N–H and O–H groups in total. The zero-order valence-electron chi connectivity index (χ0n) is 12.4. The predicted molar refractivity (Wildman–Crippen MR) is 89.2 cm³/mol. The van der Waals surface area contributed by atoms with E-state index in [2.05, 4.69) is 42.7 Å². The average Bonchev–Trinajstić information content (AvgIpc) is 3.01. The van der Waals surface area contributed by atoms with Crippen LogP contribution in [0.3, 0.4) is 0 Å². The van der Waals surface area contributed by atoms with E-state index in [1.54, 1.807) is 12.8 Å². The minimum Gasteiger partial charge on any atom is -0.313 e. The number of nitrogens with one attached hydrogen (secondary N) is 1. The van der Waals surface area contributed by atoms with Gasteiger partial charge in [-0.1, -0.05) is 20.3 Å². The number of hydrogen-bond acceptors (Lipinski definition) is 3. The van der Waals surface area contributed by atoms with Crippen LogP contribution in [0.4, 0.5) is 0 Å². The van der Waals surface area contributed by atoms with Crippen LogP contribution in [0.25, 0.3) is 0 Å². The summed E-state index contributed by atoms with van der Waals surface area (Å²) in [6, 6.07) is 0.766. The topological polar surface area (TPSA) is 12.0 Å². The summed E-state index contributed by atoms with van der Waals surface area (Å²) in [6.07, 6.45) is 7.64. The lowest BCUT2D eigenvalue weighted by molar-refractivity contribution is 0.275. The maximum Gasteiger partial charge on any atom is 0.0317 e. The molecule has 3 rings (SSSR count). The van der Waals surface area contributed by atoms with Gasteiger partial charge < -0.3 is 5.32 Å². The van der Waals surface area contributed by atoms with Gasteiger partial charge in [0.25, 0.3) is 0 Å². The van der Waals surface area contributed by atoms with Crippen LogP contribution in [0.15, 0.2) is 0 Å². The Balaban J connectivity index is 1.60. The van der Waals surface area contributed by atoms with Crippen LogP contribution in [-0.2, 0) is 0 Å². The zero-order valence-corrected chi connectivity index (χ0v) is 14.1. The molecule has 2 aliphatic carbocycles. The van der Waals surface area contributed by atoms with Crippen LogP contribution in [-0.4, -0.2) is 34.6 Å². The van der Waals surface area contributed by atoms with Gasteiger partial charge in [0.05, 0.1) is 0 Å². The summed E-state index contributed by atoms with van der Waals surface area (Å²) in [6.45, 7) is 5.87. The molecule has 1 saturated heterocycles. The molecule has 2 saturated carbocycles. The number of thioether (sulfide) groups is 2. The standard InChI is InChI=1S/C16H29NS2/c1-3-17-15(16-11(2)18-6-7-19-16)10-14-9-12-4-5-13(14)8-12/h11-17H,3-10H2,1-2H3. The molecule has 0 aromatic rings. The van der Waals surface area contributed by atoms with E-state index in [0.717, 1.165) is 40.8 Å². The first-order valence-electron chi connectivity index (χ1n) is 8.24. The summed E-state index contributed by atoms with van der Waals surface area (Å²) >= 11 is 4.43. The van der Waals surface area contributed by atoms with Crippen molar-refractivity contribution in [3.63, 3.8) is 0 Å². The Hall–Kier alpha value is 0.660. The Labute approximate surface area is 127 Å². The second kappa shape index (κ2) is 6.62. The molecule has 3 fully saturated rings. The number of rotatable bonds is 5. The number of fused-ring (bicyclic) bond motifs is 2. The van der Waals surface area contributed by atoms with Crippen molar-refractivity contribution in [3.05, 3.63) is 0 Å². The molecule has 0 aromatic heterocycles. The second-order valence-electron chi connectivity index (χ2n) is 6.75. The highest BCUT2D eigenvalue weighted by Gasteiger charge is 2.41. The Morgan fingerprint density at radius 2 is 2.00 bits per heavy atom. The predicted octanol–water partition coefficient (Wildman–Crippen LogP) is 4.03. The van der Waals surface area contributed by atoms with Crippen molar-refractivity contribution in [2.75, 3.05) is 18.1 Å². The highest BCUT2D eigenvalue weighted by Crippen LogP contribution is 2.50. The molecule has 1 nitrogen and oxygen atoms in total.